The first kappa shape index (κ1) is 17.7. The molecule has 2 heterocycles. The lowest BCUT2D eigenvalue weighted by molar-refractivity contribution is -0.129. The van der Waals surface area contributed by atoms with Gasteiger partial charge in [0.15, 0.2) is 0 Å². The first-order chi connectivity index (χ1) is 13.1. The van der Waals surface area contributed by atoms with Crippen LogP contribution in [0.15, 0.2) is 59.1 Å². The van der Waals surface area contributed by atoms with Crippen LogP contribution in [0.3, 0.4) is 0 Å². The van der Waals surface area contributed by atoms with Gasteiger partial charge in [-0.2, -0.15) is 5.26 Å². The van der Waals surface area contributed by atoms with Gasteiger partial charge in [-0.25, -0.2) is 0 Å². The van der Waals surface area contributed by atoms with Gasteiger partial charge in [0, 0.05) is 18.0 Å². The average Bonchev–Trinajstić information content (AvgIpc) is 2.68. The molecule has 2 aliphatic heterocycles. The number of amides is 1. The molecule has 136 valence electrons. The minimum Gasteiger partial charge on any atom is -0.344 e. The lowest BCUT2D eigenvalue weighted by atomic mass is 9.84. The number of hydrogen-bond acceptors (Lipinski definition) is 4. The number of anilines is 1. The van der Waals surface area contributed by atoms with Crippen LogP contribution in [0.4, 0.5) is 5.69 Å². The van der Waals surface area contributed by atoms with Crippen molar-refractivity contribution in [3.05, 3.63) is 75.8 Å². The second kappa shape index (κ2) is 7.13. The molecule has 0 radical (unpaired) electrons. The van der Waals surface area contributed by atoms with Gasteiger partial charge in [0.25, 0.3) is 0 Å². The molecular weight excluding hydrogens is 354 g/mol. The first-order valence-electron chi connectivity index (χ1n) is 9.03. The number of fused-ring (bicyclic) bond motifs is 1. The number of carbonyl (C=O) groups is 1. The van der Waals surface area contributed by atoms with Gasteiger partial charge in [-0.15, -0.1) is 0 Å². The van der Waals surface area contributed by atoms with Crippen LogP contribution in [-0.4, -0.2) is 23.4 Å². The molecule has 1 atom stereocenters. The summed E-state index contributed by atoms with van der Waals surface area (Å²) in [6.45, 7) is 4.61. The fraction of sp³-hybridized carbons (Fsp3) is 0.273. The Bertz CT molecular complexity index is 976. The number of hydrogen-bond donors (Lipinski definition) is 0. The summed E-state index contributed by atoms with van der Waals surface area (Å²) >= 11 is 1.58. The maximum Gasteiger partial charge on any atom is 0.229 e. The van der Waals surface area contributed by atoms with Gasteiger partial charge in [0.05, 0.1) is 29.2 Å². The molecule has 27 heavy (non-hydrogen) atoms. The van der Waals surface area contributed by atoms with E-state index >= 15 is 0 Å². The Balaban J connectivity index is 1.69. The first-order valence-corrected chi connectivity index (χ1v) is 10.0. The molecule has 0 unspecified atom stereocenters. The SMILES string of the molecule is Cc1cccc(N2CSC3=C(C#N)[C@H](c4ccccc4C)CC(=O)N3C2)c1. The molecule has 0 aromatic heterocycles. The average molecular weight is 375 g/mol. The highest BCUT2D eigenvalue weighted by Crippen LogP contribution is 2.43. The molecule has 1 fully saturated rings. The van der Waals surface area contributed by atoms with Crippen molar-refractivity contribution in [3.63, 3.8) is 0 Å². The largest absolute Gasteiger partial charge is 0.344 e. The predicted molar refractivity (Wildman–Crippen MR) is 109 cm³/mol. The van der Waals surface area contributed by atoms with Crippen molar-refractivity contribution < 1.29 is 4.79 Å². The topological polar surface area (TPSA) is 47.3 Å². The van der Waals surface area contributed by atoms with Gasteiger partial charge >= 0.3 is 0 Å². The van der Waals surface area contributed by atoms with Crippen LogP contribution in [0.1, 0.15) is 29.0 Å². The predicted octanol–water partition coefficient (Wildman–Crippen LogP) is 4.52. The zero-order chi connectivity index (χ0) is 19.0. The van der Waals surface area contributed by atoms with Gasteiger partial charge in [0.2, 0.25) is 5.91 Å². The van der Waals surface area contributed by atoms with Crippen LogP contribution >= 0.6 is 11.8 Å². The quantitative estimate of drug-likeness (QED) is 0.774. The third kappa shape index (κ3) is 3.22. The number of aryl methyl sites for hydroxylation is 2. The van der Waals surface area contributed by atoms with Crippen molar-refractivity contribution in [2.24, 2.45) is 0 Å². The van der Waals surface area contributed by atoms with Crippen LogP contribution in [0, 0.1) is 25.2 Å². The normalized spacial score (nSPS) is 19.7. The van der Waals surface area contributed by atoms with Crippen LogP contribution in [0.5, 0.6) is 0 Å². The van der Waals surface area contributed by atoms with E-state index in [0.717, 1.165) is 33.3 Å². The highest BCUT2D eigenvalue weighted by atomic mass is 32.2. The summed E-state index contributed by atoms with van der Waals surface area (Å²) in [4.78, 5) is 16.9. The molecule has 0 saturated carbocycles. The van der Waals surface area contributed by atoms with E-state index in [9.17, 15) is 10.1 Å². The number of nitrogens with zero attached hydrogens (tertiary/aromatic N) is 3. The highest BCUT2D eigenvalue weighted by Gasteiger charge is 2.38. The molecule has 4 nitrogen and oxygen atoms in total. The molecule has 2 aromatic carbocycles. The summed E-state index contributed by atoms with van der Waals surface area (Å²) < 4.78 is 0. The lowest BCUT2D eigenvalue weighted by Crippen LogP contribution is -2.47. The molecule has 0 N–H and O–H groups in total. The van der Waals surface area contributed by atoms with Crippen LogP contribution in [0.25, 0.3) is 0 Å². The van der Waals surface area contributed by atoms with E-state index in [0.29, 0.717) is 13.1 Å². The van der Waals surface area contributed by atoms with E-state index in [2.05, 4.69) is 36.1 Å². The fourth-order valence-corrected chi connectivity index (χ4v) is 4.96. The van der Waals surface area contributed by atoms with Crippen LogP contribution in [0.2, 0.25) is 0 Å². The summed E-state index contributed by atoms with van der Waals surface area (Å²) in [5.74, 6) is 0.670. The Kier molecular flexibility index (Phi) is 4.67. The molecule has 1 amide bonds. The molecule has 5 heteroatoms. The van der Waals surface area contributed by atoms with Crippen molar-refractivity contribution in [2.75, 3.05) is 17.4 Å². The van der Waals surface area contributed by atoms with Gasteiger partial charge in [-0.3, -0.25) is 9.69 Å². The summed E-state index contributed by atoms with van der Waals surface area (Å²) in [5, 5.41) is 10.7. The number of nitriles is 1. The monoisotopic (exact) mass is 375 g/mol. The smallest absolute Gasteiger partial charge is 0.229 e. The number of benzene rings is 2. The summed E-state index contributed by atoms with van der Waals surface area (Å²) in [6, 6.07) is 18.8. The van der Waals surface area contributed by atoms with Crippen molar-refractivity contribution in [2.45, 2.75) is 26.2 Å². The van der Waals surface area contributed by atoms with Crippen molar-refractivity contribution in [1.29, 1.82) is 5.26 Å². The Labute approximate surface area is 164 Å². The van der Waals surface area contributed by atoms with Crippen molar-refractivity contribution in [3.8, 4) is 6.07 Å². The van der Waals surface area contributed by atoms with E-state index in [1.165, 1.54) is 5.56 Å². The van der Waals surface area contributed by atoms with Gasteiger partial charge in [-0.1, -0.05) is 48.2 Å². The van der Waals surface area contributed by atoms with Gasteiger partial charge in [-0.05, 0) is 42.7 Å². The Morgan fingerprint density at radius 1 is 1.15 bits per heavy atom. The van der Waals surface area contributed by atoms with Crippen molar-refractivity contribution in [1.82, 2.24) is 4.90 Å². The Morgan fingerprint density at radius 3 is 2.70 bits per heavy atom. The minimum absolute atomic E-state index is 0.0853. The number of carbonyl (C=O) groups excluding carboxylic acids is 1. The molecule has 0 spiro atoms. The second-order valence-electron chi connectivity index (χ2n) is 7.06. The zero-order valence-electron chi connectivity index (χ0n) is 15.5. The van der Waals surface area contributed by atoms with E-state index in [4.69, 9.17) is 0 Å². The van der Waals surface area contributed by atoms with Gasteiger partial charge < -0.3 is 4.90 Å². The third-order valence-electron chi connectivity index (χ3n) is 5.22. The molecule has 2 aliphatic rings. The number of rotatable bonds is 2. The third-order valence-corrected chi connectivity index (χ3v) is 6.38. The number of thioether (sulfide) groups is 1. The summed E-state index contributed by atoms with van der Waals surface area (Å²) in [6.07, 6.45) is 0.347. The van der Waals surface area contributed by atoms with E-state index < -0.39 is 0 Å². The molecule has 4 rings (SSSR count). The molecule has 2 aromatic rings. The maximum atomic E-state index is 13.0. The van der Waals surface area contributed by atoms with E-state index in [1.807, 2.05) is 37.3 Å². The molecule has 0 bridgehead atoms. The lowest BCUT2D eigenvalue weighted by Gasteiger charge is -2.42. The Hall–Kier alpha value is -2.71. The standard InChI is InChI=1S/C22H21N3OS/c1-15-6-5-8-17(10-15)24-13-25-21(26)11-19(18-9-4-3-7-16(18)2)20(12-23)22(25)27-14-24/h3-10,19H,11,13-14H2,1-2H3/t19-/m0/s1. The zero-order valence-corrected chi connectivity index (χ0v) is 16.3. The number of allylic oxidation sites excluding steroid dienone is 1. The molecular formula is C22H21N3OS. The van der Waals surface area contributed by atoms with E-state index in [-0.39, 0.29) is 11.8 Å². The minimum atomic E-state index is -0.145. The molecule has 1 saturated heterocycles. The fourth-order valence-electron chi connectivity index (χ4n) is 3.79. The van der Waals surface area contributed by atoms with Crippen molar-refractivity contribution >= 4 is 23.4 Å². The summed E-state index contributed by atoms with van der Waals surface area (Å²) in [7, 11) is 0. The van der Waals surface area contributed by atoms with Crippen LogP contribution < -0.4 is 4.90 Å². The Morgan fingerprint density at radius 2 is 1.96 bits per heavy atom. The highest BCUT2D eigenvalue weighted by molar-refractivity contribution is 8.03. The van der Waals surface area contributed by atoms with E-state index in [1.54, 1.807) is 16.7 Å². The second-order valence-corrected chi connectivity index (χ2v) is 7.99. The molecule has 0 aliphatic carbocycles. The van der Waals surface area contributed by atoms with Crippen LogP contribution in [-0.2, 0) is 4.79 Å². The van der Waals surface area contributed by atoms with Gasteiger partial charge in [0.1, 0.15) is 0 Å². The summed E-state index contributed by atoms with van der Waals surface area (Å²) in [5.41, 5.74) is 5.23. The maximum absolute atomic E-state index is 13.0.